The fourth-order valence-electron chi connectivity index (χ4n) is 5.74. The van der Waals surface area contributed by atoms with Crippen LogP contribution in [0.2, 0.25) is 0 Å². The Bertz CT molecular complexity index is 1580. The molecule has 5 aromatic rings. The monoisotopic (exact) mass is 476 g/mol. The number of pyridine rings is 1. The summed E-state index contributed by atoms with van der Waals surface area (Å²) in [6.07, 6.45) is 6.30. The smallest absolute Gasteiger partial charge is 0.150 e. The molecule has 180 valence electrons. The lowest BCUT2D eigenvalue weighted by Crippen LogP contribution is -2.54. The fourth-order valence-corrected chi connectivity index (χ4v) is 5.74. The van der Waals surface area contributed by atoms with Gasteiger partial charge in [-0.1, -0.05) is 48.5 Å². The Balaban J connectivity index is 1.28. The van der Waals surface area contributed by atoms with Crippen molar-refractivity contribution in [1.29, 1.82) is 0 Å². The molecule has 7 nitrogen and oxygen atoms in total. The number of aliphatic hydroxyl groups is 1. The number of likely N-dealkylation sites (tertiary alicyclic amines) is 1. The molecule has 1 aliphatic heterocycles. The fraction of sp³-hybridized carbons (Fsp3) is 0.276. The number of nitrogens with two attached hydrogens (primary N) is 1. The lowest BCUT2D eigenvalue weighted by atomic mass is 9.70. The van der Waals surface area contributed by atoms with Crippen LogP contribution in [0.5, 0.6) is 0 Å². The highest BCUT2D eigenvalue weighted by Crippen LogP contribution is 2.46. The number of fused-ring (bicyclic) bond motifs is 2. The van der Waals surface area contributed by atoms with Gasteiger partial charge in [0.1, 0.15) is 22.9 Å². The molecule has 0 spiro atoms. The molecule has 1 aliphatic carbocycles. The van der Waals surface area contributed by atoms with Crippen molar-refractivity contribution in [1.82, 2.24) is 24.3 Å². The van der Waals surface area contributed by atoms with Gasteiger partial charge >= 0.3 is 0 Å². The van der Waals surface area contributed by atoms with Crippen LogP contribution in [0.15, 0.2) is 73.1 Å². The average Bonchev–Trinajstić information content (AvgIpc) is 3.25. The van der Waals surface area contributed by atoms with Crippen LogP contribution < -0.4 is 5.73 Å². The van der Waals surface area contributed by atoms with Crippen molar-refractivity contribution < 1.29 is 5.11 Å². The molecule has 0 unspecified atom stereocenters. The van der Waals surface area contributed by atoms with Crippen LogP contribution in [-0.2, 0) is 0 Å². The largest absolute Gasteiger partial charge is 0.389 e. The molecule has 0 amide bonds. The minimum absolute atomic E-state index is 0.183. The van der Waals surface area contributed by atoms with Crippen molar-refractivity contribution >= 4 is 22.2 Å². The Morgan fingerprint density at radius 1 is 0.972 bits per heavy atom. The zero-order valence-corrected chi connectivity index (χ0v) is 20.0. The van der Waals surface area contributed by atoms with Crippen LogP contribution in [0, 0.1) is 0 Å². The van der Waals surface area contributed by atoms with Crippen molar-refractivity contribution in [3.8, 4) is 22.5 Å². The summed E-state index contributed by atoms with van der Waals surface area (Å²) in [5.41, 5.74) is 11.3. The quantitative estimate of drug-likeness (QED) is 0.388. The van der Waals surface area contributed by atoms with Crippen LogP contribution in [-0.4, -0.2) is 54.6 Å². The number of imidazole rings is 1. The molecule has 2 aromatic carbocycles. The lowest BCUT2D eigenvalue weighted by Gasteiger charge is -2.47. The molecule has 3 aromatic heterocycles. The standard InChI is InChI=1S/C29H28N6O/c30-27-26-25(21-8-7-20-9-10-23(32-24(20)15-21)19-5-2-1-3-6-19)33-28(35(26)14-11-31-27)22-16-29(36,17-22)18-34-12-4-13-34/h1-3,5-11,14-15,22,36H,4,12-13,16-18H2,(H2,30,31)/t22-,29+. The van der Waals surface area contributed by atoms with E-state index in [0.29, 0.717) is 18.7 Å². The van der Waals surface area contributed by atoms with Gasteiger partial charge in [-0.2, -0.15) is 0 Å². The zero-order chi connectivity index (χ0) is 24.3. The summed E-state index contributed by atoms with van der Waals surface area (Å²) in [6, 6.07) is 20.6. The summed E-state index contributed by atoms with van der Waals surface area (Å²) < 4.78 is 2.06. The molecule has 1 saturated heterocycles. The molecular formula is C29H28N6O. The highest BCUT2D eigenvalue weighted by molar-refractivity contribution is 5.91. The van der Waals surface area contributed by atoms with Gasteiger partial charge in [0, 0.05) is 41.4 Å². The maximum absolute atomic E-state index is 11.0. The van der Waals surface area contributed by atoms with Gasteiger partial charge in [-0.25, -0.2) is 15.0 Å². The number of β-amino-alcohol motifs (C(OH)–C–C–N with tert-alkyl or cyclic N) is 1. The summed E-state index contributed by atoms with van der Waals surface area (Å²) in [5, 5.41) is 12.1. The number of rotatable bonds is 5. The molecule has 36 heavy (non-hydrogen) atoms. The molecule has 7 heteroatoms. The summed E-state index contributed by atoms with van der Waals surface area (Å²) in [6.45, 7) is 2.94. The number of hydrogen-bond donors (Lipinski definition) is 2. The average molecular weight is 477 g/mol. The van der Waals surface area contributed by atoms with Gasteiger partial charge in [0.15, 0.2) is 0 Å². The Hall–Kier alpha value is -3.81. The van der Waals surface area contributed by atoms with Gasteiger partial charge < -0.3 is 15.7 Å². The van der Waals surface area contributed by atoms with Gasteiger partial charge in [-0.15, -0.1) is 0 Å². The van der Waals surface area contributed by atoms with E-state index in [-0.39, 0.29) is 5.92 Å². The number of aromatic nitrogens is 4. The van der Waals surface area contributed by atoms with E-state index in [1.807, 2.05) is 24.4 Å². The second-order valence-corrected chi connectivity index (χ2v) is 10.3. The Morgan fingerprint density at radius 3 is 2.56 bits per heavy atom. The Labute approximate surface area is 209 Å². The highest BCUT2D eigenvalue weighted by Gasteiger charge is 2.46. The number of nitrogen functional groups attached to an aromatic ring is 1. The van der Waals surface area contributed by atoms with E-state index in [9.17, 15) is 5.11 Å². The van der Waals surface area contributed by atoms with E-state index in [4.69, 9.17) is 15.7 Å². The molecule has 0 bridgehead atoms. The van der Waals surface area contributed by atoms with Crippen molar-refractivity contribution in [3.63, 3.8) is 0 Å². The maximum atomic E-state index is 11.0. The third-order valence-electron chi connectivity index (χ3n) is 7.73. The van der Waals surface area contributed by atoms with E-state index in [0.717, 1.165) is 64.4 Å². The van der Waals surface area contributed by atoms with Gasteiger partial charge in [-0.05, 0) is 44.5 Å². The van der Waals surface area contributed by atoms with Crippen LogP contribution >= 0.6 is 0 Å². The number of nitrogens with zero attached hydrogens (tertiary/aromatic N) is 5. The molecule has 0 atom stereocenters. The number of benzene rings is 2. The molecule has 1 saturated carbocycles. The van der Waals surface area contributed by atoms with E-state index >= 15 is 0 Å². The van der Waals surface area contributed by atoms with Gasteiger partial charge in [0.25, 0.3) is 0 Å². The molecule has 0 radical (unpaired) electrons. The summed E-state index contributed by atoms with van der Waals surface area (Å²) >= 11 is 0. The first-order valence-corrected chi connectivity index (χ1v) is 12.6. The van der Waals surface area contributed by atoms with Crippen molar-refractivity contribution in [2.75, 3.05) is 25.4 Å². The minimum atomic E-state index is -0.629. The van der Waals surface area contributed by atoms with Crippen molar-refractivity contribution in [3.05, 3.63) is 78.9 Å². The number of hydrogen-bond acceptors (Lipinski definition) is 6. The first kappa shape index (κ1) is 21.5. The molecule has 7 rings (SSSR count). The zero-order valence-electron chi connectivity index (χ0n) is 20.0. The SMILES string of the molecule is Nc1nccn2c1c(-c1ccc3ccc(-c4ccccc4)nc3c1)nc2[C@H]1C[C@](O)(CN2CCC2)C1. The second kappa shape index (κ2) is 8.11. The van der Waals surface area contributed by atoms with Crippen LogP contribution in [0.3, 0.4) is 0 Å². The van der Waals surface area contributed by atoms with Crippen molar-refractivity contribution in [2.45, 2.75) is 30.8 Å². The van der Waals surface area contributed by atoms with Gasteiger partial charge in [-0.3, -0.25) is 4.40 Å². The maximum Gasteiger partial charge on any atom is 0.150 e. The topological polar surface area (TPSA) is 92.6 Å². The summed E-state index contributed by atoms with van der Waals surface area (Å²) in [7, 11) is 0. The molecule has 2 aliphatic rings. The predicted octanol–water partition coefficient (Wildman–Crippen LogP) is 4.51. The van der Waals surface area contributed by atoms with E-state index in [1.165, 1.54) is 6.42 Å². The highest BCUT2D eigenvalue weighted by atomic mass is 16.3. The normalized spacial score (nSPS) is 22.0. The third-order valence-corrected chi connectivity index (χ3v) is 7.73. The van der Waals surface area contributed by atoms with Gasteiger partial charge in [0.2, 0.25) is 0 Å². The first-order chi connectivity index (χ1) is 17.6. The Kier molecular flexibility index (Phi) is 4.84. The summed E-state index contributed by atoms with van der Waals surface area (Å²) in [4.78, 5) is 16.7. The van der Waals surface area contributed by atoms with Crippen LogP contribution in [0.25, 0.3) is 38.9 Å². The summed E-state index contributed by atoms with van der Waals surface area (Å²) in [5.74, 6) is 1.57. The van der Waals surface area contributed by atoms with E-state index in [2.05, 4.69) is 56.7 Å². The first-order valence-electron chi connectivity index (χ1n) is 12.6. The third kappa shape index (κ3) is 3.54. The van der Waals surface area contributed by atoms with E-state index in [1.54, 1.807) is 6.20 Å². The molecular weight excluding hydrogens is 448 g/mol. The predicted molar refractivity (Wildman–Crippen MR) is 142 cm³/mol. The van der Waals surface area contributed by atoms with Crippen molar-refractivity contribution in [2.24, 2.45) is 0 Å². The second-order valence-electron chi connectivity index (χ2n) is 10.3. The van der Waals surface area contributed by atoms with Crippen LogP contribution in [0.1, 0.15) is 31.0 Å². The van der Waals surface area contributed by atoms with E-state index < -0.39 is 5.60 Å². The molecule has 4 heterocycles. The number of anilines is 1. The minimum Gasteiger partial charge on any atom is -0.389 e. The Morgan fingerprint density at radius 2 is 1.78 bits per heavy atom. The molecule has 3 N–H and O–H groups in total. The molecule has 2 fully saturated rings. The lowest BCUT2D eigenvalue weighted by molar-refractivity contribution is -0.0835. The van der Waals surface area contributed by atoms with Gasteiger partial charge in [0.05, 0.1) is 16.8 Å². The van der Waals surface area contributed by atoms with Crippen LogP contribution in [0.4, 0.5) is 5.82 Å².